The third-order valence-electron chi connectivity index (χ3n) is 6.68. The van der Waals surface area contributed by atoms with Crippen molar-refractivity contribution in [1.82, 2.24) is 20.2 Å². The monoisotopic (exact) mass is 583 g/mol. The maximum Gasteiger partial charge on any atom is 0.418 e. The minimum atomic E-state index is -5.04. The Kier molecular flexibility index (Phi) is 11.8. The van der Waals surface area contributed by atoms with Gasteiger partial charge in [0.1, 0.15) is 23.4 Å². The molecule has 226 valence electrons. The summed E-state index contributed by atoms with van der Waals surface area (Å²) in [5, 5.41) is 15.1. The van der Waals surface area contributed by atoms with E-state index in [1.807, 2.05) is 24.8 Å². The second kappa shape index (κ2) is 15.1. The van der Waals surface area contributed by atoms with Gasteiger partial charge >= 0.3 is 12.1 Å². The van der Waals surface area contributed by atoms with Crippen molar-refractivity contribution in [3.8, 4) is 0 Å². The number of nitrogens with zero attached hydrogens (tertiary/aromatic N) is 3. The number of alkyl halides is 3. The second-order valence-corrected chi connectivity index (χ2v) is 10.3. The fourth-order valence-corrected chi connectivity index (χ4v) is 4.53. The number of ether oxygens (including phenoxy) is 1. The Morgan fingerprint density at radius 2 is 1.98 bits per heavy atom. The van der Waals surface area contributed by atoms with Gasteiger partial charge in [0.15, 0.2) is 0 Å². The summed E-state index contributed by atoms with van der Waals surface area (Å²) in [6.45, 7) is 6.52. The number of carbonyl (C=O) groups excluding carboxylic acids is 1. The fraction of sp³-hybridized carbons (Fsp3) is 0.571. The zero-order chi connectivity index (χ0) is 30.0. The summed E-state index contributed by atoms with van der Waals surface area (Å²) in [5.41, 5.74) is -0.440. The zero-order valence-corrected chi connectivity index (χ0v) is 23.3. The zero-order valence-electron chi connectivity index (χ0n) is 23.3. The molecule has 3 rings (SSSR count). The number of carbonyl (C=O) groups is 2. The Bertz CT molecular complexity index is 1180. The topological polar surface area (TPSA) is 117 Å². The normalized spacial score (nSPS) is 14.0. The number of aryl methyl sites for hydroxylation is 2. The van der Waals surface area contributed by atoms with Gasteiger partial charge in [-0.3, -0.25) is 4.79 Å². The van der Waals surface area contributed by atoms with Crippen LogP contribution < -0.4 is 10.6 Å². The van der Waals surface area contributed by atoms with Gasteiger partial charge in [-0.05, 0) is 76.6 Å². The van der Waals surface area contributed by atoms with Crippen LogP contribution in [0.4, 0.5) is 23.4 Å². The fourth-order valence-electron chi connectivity index (χ4n) is 4.53. The van der Waals surface area contributed by atoms with Gasteiger partial charge < -0.3 is 25.4 Å². The van der Waals surface area contributed by atoms with Gasteiger partial charge in [-0.25, -0.2) is 19.2 Å². The Morgan fingerprint density at radius 3 is 2.68 bits per heavy atom. The highest BCUT2D eigenvalue weighted by molar-refractivity contribution is 5.96. The number of hydrogen-bond donors (Lipinski definition) is 3. The van der Waals surface area contributed by atoms with Crippen molar-refractivity contribution in [3.63, 3.8) is 0 Å². The number of anilines is 1. The van der Waals surface area contributed by atoms with Gasteiger partial charge in [0.05, 0.1) is 24.5 Å². The molecule has 0 aromatic carbocycles. The highest BCUT2D eigenvalue weighted by Gasteiger charge is 2.37. The number of fused-ring (bicyclic) bond motifs is 1. The van der Waals surface area contributed by atoms with Crippen LogP contribution in [0, 0.1) is 5.82 Å². The summed E-state index contributed by atoms with van der Waals surface area (Å²) >= 11 is 0. The first-order valence-electron chi connectivity index (χ1n) is 13.8. The van der Waals surface area contributed by atoms with E-state index in [2.05, 4.69) is 21.7 Å². The van der Waals surface area contributed by atoms with Gasteiger partial charge in [0.2, 0.25) is 0 Å². The molecule has 41 heavy (non-hydrogen) atoms. The summed E-state index contributed by atoms with van der Waals surface area (Å²) < 4.78 is 59.0. The largest absolute Gasteiger partial charge is 0.480 e. The van der Waals surface area contributed by atoms with E-state index in [0.29, 0.717) is 25.9 Å². The third-order valence-corrected chi connectivity index (χ3v) is 6.68. The van der Waals surface area contributed by atoms with E-state index in [1.165, 1.54) is 5.56 Å². The number of carboxylic acids is 1. The average molecular weight is 584 g/mol. The number of carboxylic acid groups (broad SMARTS) is 1. The Labute approximate surface area is 236 Å². The molecular formula is C28H37F4N5O4. The van der Waals surface area contributed by atoms with Gasteiger partial charge in [0.25, 0.3) is 5.91 Å². The van der Waals surface area contributed by atoms with E-state index in [0.717, 1.165) is 50.2 Å². The molecule has 3 N–H and O–H groups in total. The summed E-state index contributed by atoms with van der Waals surface area (Å²) in [6, 6.07) is 2.83. The minimum Gasteiger partial charge on any atom is -0.480 e. The van der Waals surface area contributed by atoms with E-state index in [1.54, 1.807) is 0 Å². The molecular weight excluding hydrogens is 546 g/mol. The van der Waals surface area contributed by atoms with Crippen LogP contribution >= 0.6 is 0 Å². The van der Waals surface area contributed by atoms with Crippen molar-refractivity contribution >= 4 is 17.7 Å². The first-order valence-corrected chi connectivity index (χ1v) is 13.8. The van der Waals surface area contributed by atoms with Gasteiger partial charge in [0, 0.05) is 25.3 Å². The molecule has 2 aromatic heterocycles. The number of unbranched alkanes of at least 4 members (excludes halogenated alkanes) is 1. The van der Waals surface area contributed by atoms with Crippen molar-refractivity contribution in [1.29, 1.82) is 0 Å². The SMILES string of the molecule is CC(C)OCCN(CCCCc1ccc2c(n1)NCCC2)CC[C@H](NC(=O)c1ncc(F)cc1C(F)(F)F)C(=O)O. The van der Waals surface area contributed by atoms with E-state index in [-0.39, 0.29) is 25.1 Å². The van der Waals surface area contributed by atoms with Gasteiger partial charge in [-0.2, -0.15) is 13.2 Å². The van der Waals surface area contributed by atoms with Crippen molar-refractivity contribution in [3.05, 3.63) is 52.7 Å². The van der Waals surface area contributed by atoms with E-state index in [4.69, 9.17) is 9.72 Å². The van der Waals surface area contributed by atoms with Gasteiger partial charge in [-0.15, -0.1) is 0 Å². The number of aliphatic carboxylic acids is 1. The molecule has 0 saturated carbocycles. The first kappa shape index (κ1) is 32.2. The average Bonchev–Trinajstić information content (AvgIpc) is 2.91. The van der Waals surface area contributed by atoms with Crippen LogP contribution in [-0.4, -0.2) is 76.8 Å². The molecule has 0 aliphatic carbocycles. The van der Waals surface area contributed by atoms with Gasteiger partial charge in [-0.1, -0.05) is 6.07 Å². The quantitative estimate of drug-likeness (QED) is 0.210. The molecule has 1 amide bonds. The molecule has 1 aliphatic heterocycles. The smallest absolute Gasteiger partial charge is 0.418 e. The molecule has 9 nitrogen and oxygen atoms in total. The maximum atomic E-state index is 13.4. The van der Waals surface area contributed by atoms with Crippen LogP contribution in [0.5, 0.6) is 0 Å². The summed E-state index contributed by atoms with van der Waals surface area (Å²) in [7, 11) is 0. The molecule has 0 spiro atoms. The van der Waals surface area contributed by atoms with E-state index >= 15 is 0 Å². The van der Waals surface area contributed by atoms with Crippen molar-refractivity contribution < 1.29 is 37.0 Å². The summed E-state index contributed by atoms with van der Waals surface area (Å²) in [6.07, 6.45) is -0.0770. The summed E-state index contributed by atoms with van der Waals surface area (Å²) in [5.74, 6) is -3.06. The summed E-state index contributed by atoms with van der Waals surface area (Å²) in [4.78, 5) is 34.4. The second-order valence-electron chi connectivity index (χ2n) is 10.3. The predicted molar refractivity (Wildman–Crippen MR) is 144 cm³/mol. The molecule has 1 aliphatic rings. The lowest BCUT2D eigenvalue weighted by atomic mass is 10.1. The lowest BCUT2D eigenvalue weighted by molar-refractivity contribution is -0.139. The number of aromatic nitrogens is 2. The van der Waals surface area contributed by atoms with Crippen molar-refractivity contribution in [2.75, 3.05) is 38.1 Å². The van der Waals surface area contributed by atoms with E-state index < -0.39 is 41.2 Å². The number of pyridine rings is 2. The van der Waals surface area contributed by atoms with E-state index in [9.17, 15) is 32.3 Å². The predicted octanol–water partition coefficient (Wildman–Crippen LogP) is 4.32. The Balaban J connectivity index is 1.57. The molecule has 2 aromatic rings. The molecule has 0 unspecified atom stereocenters. The lowest BCUT2D eigenvalue weighted by Gasteiger charge is -2.25. The third kappa shape index (κ3) is 10.2. The Morgan fingerprint density at radius 1 is 1.20 bits per heavy atom. The Hall–Kier alpha value is -3.32. The molecule has 1 atom stereocenters. The van der Waals surface area contributed by atoms with Crippen LogP contribution in [0.15, 0.2) is 24.4 Å². The van der Waals surface area contributed by atoms with Crippen molar-refractivity contribution in [2.45, 2.75) is 70.7 Å². The van der Waals surface area contributed by atoms with Crippen LogP contribution in [0.25, 0.3) is 0 Å². The van der Waals surface area contributed by atoms with Crippen LogP contribution in [0.1, 0.15) is 66.8 Å². The molecule has 0 fully saturated rings. The lowest BCUT2D eigenvalue weighted by Crippen LogP contribution is -2.44. The van der Waals surface area contributed by atoms with Crippen LogP contribution in [0.2, 0.25) is 0 Å². The standard InChI is InChI=1S/C28H37F4N5O4/c1-18(2)41-15-14-37(12-4-3-7-21-9-8-19-6-5-11-33-25(19)35-21)13-10-23(27(39)40)36-26(38)24-22(28(30,31)32)16-20(29)17-34-24/h8-9,16-18,23H,3-7,10-15H2,1-2H3,(H,33,35)(H,36,38)(H,39,40)/t23-/m0/s1. The highest BCUT2D eigenvalue weighted by atomic mass is 19.4. The molecule has 3 heterocycles. The number of nitrogens with one attached hydrogen (secondary N) is 2. The van der Waals surface area contributed by atoms with Crippen LogP contribution in [-0.2, 0) is 28.5 Å². The number of halogens is 4. The highest BCUT2D eigenvalue weighted by Crippen LogP contribution is 2.31. The number of hydrogen-bond acceptors (Lipinski definition) is 7. The molecule has 0 radical (unpaired) electrons. The van der Waals surface area contributed by atoms with Crippen LogP contribution in [0.3, 0.4) is 0 Å². The number of rotatable bonds is 15. The number of amides is 1. The van der Waals surface area contributed by atoms with Crippen molar-refractivity contribution in [2.24, 2.45) is 0 Å². The molecule has 0 bridgehead atoms. The molecule has 0 saturated heterocycles. The maximum absolute atomic E-state index is 13.4. The minimum absolute atomic E-state index is 0.0117. The molecule has 13 heteroatoms. The first-order chi connectivity index (χ1) is 19.4.